The maximum Gasteiger partial charge on any atom is 0.154 e. The molecule has 0 spiro atoms. The molecule has 2 aromatic rings. The fourth-order valence-electron chi connectivity index (χ4n) is 1.06. The van der Waals surface area contributed by atoms with Gasteiger partial charge in [-0.25, -0.2) is 9.97 Å². The van der Waals surface area contributed by atoms with Crippen molar-refractivity contribution in [2.75, 3.05) is 0 Å². The Bertz CT molecular complexity index is 437. The topological polar surface area (TPSA) is 30.2 Å². The number of rotatable bonds is 0. The molecule has 0 aliphatic rings. The normalized spacial score (nSPS) is 10.9. The number of imidazole rings is 1. The molecule has 0 amide bonds. The summed E-state index contributed by atoms with van der Waals surface area (Å²) in [5.74, 6) is 0.855. The smallest absolute Gasteiger partial charge is 0.154 e. The number of aryl methyl sites for hydroxylation is 1. The lowest BCUT2D eigenvalue weighted by Crippen LogP contribution is -1.97. The molecule has 0 radical (unpaired) electrons. The third-order valence-electron chi connectivity index (χ3n) is 1.63. The molecule has 2 heterocycles. The maximum absolute atomic E-state index is 5.88. The van der Waals surface area contributed by atoms with Crippen LogP contribution in [0.15, 0.2) is 12.4 Å². The molecule has 3 nitrogen and oxygen atoms in total. The van der Waals surface area contributed by atoms with Crippen molar-refractivity contribution < 1.29 is 0 Å². The van der Waals surface area contributed by atoms with Crippen LogP contribution in [0.2, 0.25) is 5.15 Å². The highest BCUT2D eigenvalue weighted by molar-refractivity contribution is 14.1. The number of nitrogens with zero attached hydrogens (tertiary/aromatic N) is 3. The number of aromatic nitrogens is 3. The Kier molecular flexibility index (Phi) is 1.96. The minimum Gasteiger partial charge on any atom is -0.287 e. The Balaban J connectivity index is 2.97. The highest BCUT2D eigenvalue weighted by atomic mass is 127. The van der Waals surface area contributed by atoms with E-state index in [9.17, 15) is 0 Å². The van der Waals surface area contributed by atoms with E-state index in [4.69, 9.17) is 11.6 Å². The van der Waals surface area contributed by atoms with Gasteiger partial charge in [0.15, 0.2) is 5.65 Å². The zero-order valence-corrected chi connectivity index (χ0v) is 9.17. The first kappa shape index (κ1) is 8.25. The Morgan fingerprint density at radius 3 is 3.08 bits per heavy atom. The summed E-state index contributed by atoms with van der Waals surface area (Å²) in [5, 5.41) is 0.520. The van der Waals surface area contributed by atoms with E-state index in [0.29, 0.717) is 5.15 Å². The maximum atomic E-state index is 5.88. The summed E-state index contributed by atoms with van der Waals surface area (Å²) in [6.07, 6.45) is 3.61. The Labute approximate surface area is 87.9 Å². The van der Waals surface area contributed by atoms with Crippen LogP contribution in [-0.2, 0) is 0 Å². The minimum atomic E-state index is 0.520. The van der Waals surface area contributed by atoms with Crippen molar-refractivity contribution in [2.45, 2.75) is 6.92 Å². The van der Waals surface area contributed by atoms with Crippen LogP contribution in [0.5, 0.6) is 0 Å². The van der Waals surface area contributed by atoms with Crippen LogP contribution in [0.4, 0.5) is 0 Å². The summed E-state index contributed by atoms with van der Waals surface area (Å²) in [6.45, 7) is 1.90. The number of halogens is 2. The van der Waals surface area contributed by atoms with E-state index < -0.39 is 0 Å². The zero-order valence-electron chi connectivity index (χ0n) is 6.25. The van der Waals surface area contributed by atoms with E-state index in [-0.39, 0.29) is 0 Å². The predicted octanol–water partition coefficient (Wildman–Crippen LogP) is 2.30. The van der Waals surface area contributed by atoms with Crippen molar-refractivity contribution in [1.29, 1.82) is 0 Å². The van der Waals surface area contributed by atoms with E-state index in [1.807, 2.05) is 17.5 Å². The molecule has 12 heavy (non-hydrogen) atoms. The molecule has 2 rings (SSSR count). The second-order valence-electron chi connectivity index (χ2n) is 2.38. The molecule has 0 aliphatic heterocycles. The van der Waals surface area contributed by atoms with E-state index in [1.54, 1.807) is 6.20 Å². The van der Waals surface area contributed by atoms with Gasteiger partial charge in [-0.05, 0) is 29.5 Å². The van der Waals surface area contributed by atoms with E-state index in [1.165, 1.54) is 0 Å². The van der Waals surface area contributed by atoms with E-state index in [2.05, 4.69) is 32.6 Å². The number of hydrogen-bond acceptors (Lipinski definition) is 2. The minimum absolute atomic E-state index is 0.520. The van der Waals surface area contributed by atoms with Crippen LogP contribution in [0, 0.1) is 10.5 Å². The van der Waals surface area contributed by atoms with Crippen molar-refractivity contribution in [2.24, 2.45) is 0 Å². The Morgan fingerprint density at radius 2 is 2.33 bits per heavy atom. The number of hydrogen-bond donors (Lipinski definition) is 0. The average molecular weight is 293 g/mol. The van der Waals surface area contributed by atoms with Crippen LogP contribution in [-0.4, -0.2) is 14.4 Å². The number of fused-ring (bicyclic) bond motifs is 1. The Hall–Kier alpha value is -0.360. The molecule has 2 aromatic heterocycles. The third kappa shape index (κ3) is 1.09. The van der Waals surface area contributed by atoms with Gasteiger partial charge in [0.05, 0.1) is 3.57 Å². The summed E-state index contributed by atoms with van der Waals surface area (Å²) in [6, 6.07) is 0. The molecular weight excluding hydrogens is 288 g/mol. The van der Waals surface area contributed by atoms with Crippen molar-refractivity contribution in [3.63, 3.8) is 0 Å². The summed E-state index contributed by atoms with van der Waals surface area (Å²) >= 11 is 8.02. The van der Waals surface area contributed by atoms with Gasteiger partial charge in [-0.2, -0.15) is 0 Å². The molecule has 0 N–H and O–H groups in total. The van der Waals surface area contributed by atoms with Crippen LogP contribution < -0.4 is 0 Å². The van der Waals surface area contributed by atoms with Crippen molar-refractivity contribution in [3.8, 4) is 0 Å². The monoisotopic (exact) mass is 293 g/mol. The van der Waals surface area contributed by atoms with Gasteiger partial charge in [-0.15, -0.1) is 0 Å². The highest BCUT2D eigenvalue weighted by Gasteiger charge is 2.07. The molecule has 0 fully saturated rings. The molecule has 0 bridgehead atoms. The van der Waals surface area contributed by atoms with Crippen molar-refractivity contribution >= 4 is 39.8 Å². The molecular formula is C7H5ClIN3. The van der Waals surface area contributed by atoms with Gasteiger partial charge in [-0.3, -0.25) is 4.40 Å². The van der Waals surface area contributed by atoms with Gasteiger partial charge in [-0.1, -0.05) is 11.6 Å². The molecule has 62 valence electrons. The van der Waals surface area contributed by atoms with Crippen LogP contribution in [0.3, 0.4) is 0 Å². The first-order chi connectivity index (χ1) is 5.70. The fraction of sp³-hybridized carbons (Fsp3) is 0.143. The molecule has 0 aromatic carbocycles. The molecule has 0 saturated heterocycles. The van der Waals surface area contributed by atoms with Crippen molar-refractivity contribution in [3.05, 3.63) is 26.9 Å². The first-order valence-electron chi connectivity index (χ1n) is 3.35. The van der Waals surface area contributed by atoms with Gasteiger partial charge in [0, 0.05) is 12.4 Å². The van der Waals surface area contributed by atoms with Crippen LogP contribution in [0.1, 0.15) is 5.82 Å². The Morgan fingerprint density at radius 1 is 1.58 bits per heavy atom. The van der Waals surface area contributed by atoms with Gasteiger partial charge >= 0.3 is 0 Å². The van der Waals surface area contributed by atoms with Crippen LogP contribution >= 0.6 is 34.2 Å². The SMILES string of the molecule is Cc1nc(Cl)c(I)c2nccn12. The summed E-state index contributed by atoms with van der Waals surface area (Å²) in [5.41, 5.74) is 0.869. The average Bonchev–Trinajstić information content (AvgIpc) is 2.48. The third-order valence-corrected chi connectivity index (χ3v) is 3.21. The molecule has 0 atom stereocenters. The lowest BCUT2D eigenvalue weighted by Gasteiger charge is -2.01. The fourth-order valence-corrected chi connectivity index (χ4v) is 1.79. The second kappa shape index (κ2) is 2.85. The summed E-state index contributed by atoms with van der Waals surface area (Å²) < 4.78 is 2.80. The summed E-state index contributed by atoms with van der Waals surface area (Å²) in [7, 11) is 0. The van der Waals surface area contributed by atoms with Gasteiger partial charge < -0.3 is 0 Å². The highest BCUT2D eigenvalue weighted by Crippen LogP contribution is 2.20. The standard InChI is InChI=1S/C7H5ClIN3/c1-4-11-6(8)5(9)7-10-2-3-12(4)7/h2-3H,1H3. The molecule has 0 unspecified atom stereocenters. The molecule has 0 saturated carbocycles. The van der Waals surface area contributed by atoms with Crippen LogP contribution in [0.25, 0.3) is 5.65 Å². The molecule has 0 aliphatic carbocycles. The van der Waals surface area contributed by atoms with E-state index in [0.717, 1.165) is 15.0 Å². The van der Waals surface area contributed by atoms with Gasteiger partial charge in [0.2, 0.25) is 0 Å². The van der Waals surface area contributed by atoms with Gasteiger partial charge in [0.25, 0.3) is 0 Å². The molecule has 5 heteroatoms. The first-order valence-corrected chi connectivity index (χ1v) is 4.80. The lowest BCUT2D eigenvalue weighted by atomic mass is 10.5. The zero-order chi connectivity index (χ0) is 8.72. The largest absolute Gasteiger partial charge is 0.287 e. The quantitative estimate of drug-likeness (QED) is 0.551. The summed E-state index contributed by atoms with van der Waals surface area (Å²) in [4.78, 5) is 8.33. The van der Waals surface area contributed by atoms with E-state index >= 15 is 0 Å². The van der Waals surface area contributed by atoms with Crippen molar-refractivity contribution in [1.82, 2.24) is 14.4 Å². The predicted molar refractivity (Wildman–Crippen MR) is 55.5 cm³/mol. The van der Waals surface area contributed by atoms with Gasteiger partial charge in [0.1, 0.15) is 11.0 Å². The second-order valence-corrected chi connectivity index (χ2v) is 3.82. The lowest BCUT2D eigenvalue weighted by molar-refractivity contribution is 0.981.